The number of nitrogens with zero attached hydrogens (tertiary/aromatic N) is 2. The molecule has 4 aromatic rings. The number of fused-ring (bicyclic) bond motifs is 1. The number of anilines is 1. The van der Waals surface area contributed by atoms with Crippen LogP contribution in [-0.2, 0) is 9.59 Å². The van der Waals surface area contributed by atoms with E-state index in [1.807, 2.05) is 0 Å². The minimum Gasteiger partial charge on any atom is -0.493 e. The van der Waals surface area contributed by atoms with E-state index >= 15 is 0 Å². The summed E-state index contributed by atoms with van der Waals surface area (Å²) in [7, 11) is 3.08. The lowest BCUT2D eigenvalue weighted by molar-refractivity contribution is -0.117. The third kappa shape index (κ3) is 6.30. The Hall–Kier alpha value is -5.32. The number of ether oxygens (including phenoxy) is 3. The van der Waals surface area contributed by atoms with E-state index in [1.165, 1.54) is 31.6 Å². The van der Waals surface area contributed by atoms with E-state index in [9.17, 15) is 14.0 Å². The highest BCUT2D eigenvalue weighted by Gasteiger charge is 2.26. The SMILES string of the molecule is COc1cc2nccc(Oc3ccc(NC(=O)/C(=C/NC4CC4)C(=O)C(=N)c4ccc(F)cc4)cn3)c2cc1OC. The van der Waals surface area contributed by atoms with Crippen molar-refractivity contribution >= 4 is 34.0 Å². The van der Waals surface area contributed by atoms with Gasteiger partial charge in [0.15, 0.2) is 11.5 Å². The van der Waals surface area contributed by atoms with Gasteiger partial charge in [0.25, 0.3) is 5.91 Å². The van der Waals surface area contributed by atoms with E-state index in [2.05, 4.69) is 20.6 Å². The molecule has 1 aliphatic carbocycles. The molecular weight excluding hydrogens is 529 g/mol. The number of hydrogen-bond donors (Lipinski definition) is 3. The van der Waals surface area contributed by atoms with Crippen molar-refractivity contribution in [1.82, 2.24) is 15.3 Å². The second-order valence-corrected chi connectivity index (χ2v) is 9.18. The smallest absolute Gasteiger partial charge is 0.261 e. The summed E-state index contributed by atoms with van der Waals surface area (Å²) in [5.41, 5.74) is 0.471. The maximum atomic E-state index is 13.3. The Labute approximate surface area is 234 Å². The average Bonchev–Trinajstić information content (AvgIpc) is 3.82. The molecule has 41 heavy (non-hydrogen) atoms. The maximum Gasteiger partial charge on any atom is 0.261 e. The number of methoxy groups -OCH3 is 2. The first-order valence-electron chi connectivity index (χ1n) is 12.7. The minimum absolute atomic E-state index is 0.175. The molecule has 1 aliphatic rings. The predicted octanol–water partition coefficient (Wildman–Crippen LogP) is 4.79. The molecule has 5 rings (SSSR count). The van der Waals surface area contributed by atoms with Crippen LogP contribution in [0, 0.1) is 11.2 Å². The molecule has 2 aromatic carbocycles. The normalized spacial score (nSPS) is 12.9. The minimum atomic E-state index is -0.799. The molecule has 3 N–H and O–H groups in total. The summed E-state index contributed by atoms with van der Waals surface area (Å²) in [5, 5.41) is 14.6. The van der Waals surface area contributed by atoms with Crippen molar-refractivity contribution in [3.8, 4) is 23.1 Å². The zero-order chi connectivity index (χ0) is 28.9. The molecule has 11 heteroatoms. The van der Waals surface area contributed by atoms with Crippen molar-refractivity contribution < 1.29 is 28.2 Å². The van der Waals surface area contributed by atoms with Crippen molar-refractivity contribution in [2.75, 3.05) is 19.5 Å². The molecule has 1 saturated carbocycles. The summed E-state index contributed by atoms with van der Waals surface area (Å²) in [6, 6.07) is 13.5. The molecule has 0 saturated heterocycles. The van der Waals surface area contributed by atoms with Gasteiger partial charge in [-0.05, 0) is 55.3 Å². The number of aromatic nitrogens is 2. The number of halogens is 1. The Morgan fingerprint density at radius 3 is 2.37 bits per heavy atom. The Kier molecular flexibility index (Phi) is 7.86. The fourth-order valence-corrected chi connectivity index (χ4v) is 3.93. The first-order valence-corrected chi connectivity index (χ1v) is 12.7. The zero-order valence-corrected chi connectivity index (χ0v) is 22.2. The second kappa shape index (κ2) is 11.8. The van der Waals surface area contributed by atoms with Crippen molar-refractivity contribution in [2.45, 2.75) is 18.9 Å². The lowest BCUT2D eigenvalue weighted by Gasteiger charge is -2.12. The molecule has 0 aliphatic heterocycles. The predicted molar refractivity (Wildman–Crippen MR) is 150 cm³/mol. The molecule has 1 fully saturated rings. The Morgan fingerprint density at radius 1 is 0.976 bits per heavy atom. The fraction of sp³-hybridized carbons (Fsp3) is 0.167. The van der Waals surface area contributed by atoms with Crippen molar-refractivity contribution in [3.63, 3.8) is 0 Å². The maximum absolute atomic E-state index is 13.3. The molecule has 10 nitrogen and oxygen atoms in total. The molecule has 0 atom stereocenters. The van der Waals surface area contributed by atoms with Gasteiger partial charge in [-0.25, -0.2) is 9.37 Å². The Morgan fingerprint density at radius 2 is 1.71 bits per heavy atom. The van der Waals surface area contributed by atoms with Crippen LogP contribution in [0.15, 0.2) is 78.8 Å². The third-order valence-electron chi connectivity index (χ3n) is 6.31. The summed E-state index contributed by atoms with van der Waals surface area (Å²) in [5.74, 6) is -0.207. The van der Waals surface area contributed by atoms with Gasteiger partial charge in [-0.2, -0.15) is 0 Å². The van der Waals surface area contributed by atoms with Crippen LogP contribution in [0.3, 0.4) is 0 Å². The number of ketones is 1. The number of amides is 1. The van der Waals surface area contributed by atoms with Crippen molar-refractivity contribution in [2.24, 2.45) is 0 Å². The van der Waals surface area contributed by atoms with Crippen LogP contribution in [0.4, 0.5) is 10.1 Å². The highest BCUT2D eigenvalue weighted by atomic mass is 19.1. The number of Topliss-reactive ketones (excluding diaryl/α,β-unsaturated/α-hetero) is 1. The number of rotatable bonds is 11. The molecule has 0 bridgehead atoms. The Bertz CT molecular complexity index is 1650. The van der Waals surface area contributed by atoms with E-state index < -0.39 is 23.2 Å². The van der Waals surface area contributed by atoms with Gasteiger partial charge in [0.05, 0.1) is 31.6 Å². The fourth-order valence-electron chi connectivity index (χ4n) is 3.93. The molecule has 0 radical (unpaired) electrons. The number of benzene rings is 2. The van der Waals surface area contributed by atoms with Gasteiger partial charge in [0.2, 0.25) is 11.7 Å². The lowest BCUT2D eigenvalue weighted by atomic mass is 10.0. The highest BCUT2D eigenvalue weighted by molar-refractivity contribution is 6.55. The van der Waals surface area contributed by atoms with Gasteiger partial charge >= 0.3 is 0 Å². The van der Waals surface area contributed by atoms with Gasteiger partial charge in [0.1, 0.15) is 22.9 Å². The van der Waals surface area contributed by atoms with E-state index in [0.29, 0.717) is 33.8 Å². The van der Waals surface area contributed by atoms with Crippen LogP contribution in [0.1, 0.15) is 18.4 Å². The van der Waals surface area contributed by atoms with Crippen LogP contribution in [0.25, 0.3) is 10.9 Å². The van der Waals surface area contributed by atoms with E-state index in [0.717, 1.165) is 25.0 Å². The van der Waals surface area contributed by atoms with Gasteiger partial charge in [-0.1, -0.05) is 0 Å². The number of nitrogens with one attached hydrogen (secondary N) is 3. The number of carbonyl (C=O) groups is 2. The largest absolute Gasteiger partial charge is 0.493 e. The molecule has 1 amide bonds. The highest BCUT2D eigenvalue weighted by Crippen LogP contribution is 2.36. The summed E-state index contributed by atoms with van der Waals surface area (Å²) in [4.78, 5) is 34.9. The summed E-state index contributed by atoms with van der Waals surface area (Å²) < 4.78 is 30.0. The third-order valence-corrected chi connectivity index (χ3v) is 6.31. The van der Waals surface area contributed by atoms with E-state index in [-0.39, 0.29) is 23.1 Å². The van der Waals surface area contributed by atoms with Crippen molar-refractivity contribution in [1.29, 1.82) is 5.41 Å². The molecule has 208 valence electrons. The summed E-state index contributed by atoms with van der Waals surface area (Å²) >= 11 is 0. The van der Waals surface area contributed by atoms with E-state index in [1.54, 1.807) is 43.6 Å². The molecule has 0 spiro atoms. The van der Waals surface area contributed by atoms with Crippen LogP contribution in [-0.4, -0.2) is 47.6 Å². The Balaban J connectivity index is 1.32. The first-order chi connectivity index (χ1) is 19.9. The topological polar surface area (TPSA) is 136 Å². The summed E-state index contributed by atoms with van der Waals surface area (Å²) in [6.07, 6.45) is 6.17. The zero-order valence-electron chi connectivity index (χ0n) is 22.2. The van der Waals surface area contributed by atoms with Gasteiger partial charge in [-0.3, -0.25) is 20.0 Å². The van der Waals surface area contributed by atoms with Crippen LogP contribution >= 0.6 is 0 Å². The molecule has 2 aromatic heterocycles. The van der Waals surface area contributed by atoms with Gasteiger partial charge in [-0.15, -0.1) is 0 Å². The van der Waals surface area contributed by atoms with Gasteiger partial charge in [0, 0.05) is 41.5 Å². The molecule has 2 heterocycles. The number of hydrogen-bond acceptors (Lipinski definition) is 9. The van der Waals surface area contributed by atoms with Crippen LogP contribution in [0.5, 0.6) is 23.1 Å². The van der Waals surface area contributed by atoms with Crippen LogP contribution < -0.4 is 24.8 Å². The molecular formula is C30H26FN5O5. The van der Waals surface area contributed by atoms with Crippen LogP contribution in [0.2, 0.25) is 0 Å². The van der Waals surface area contributed by atoms with Crippen molar-refractivity contribution in [3.05, 3.63) is 90.1 Å². The number of carbonyl (C=O) groups excluding carboxylic acids is 2. The molecule has 0 unspecified atom stereocenters. The standard InChI is InChI=1S/C30H26FN5O5/c1-39-25-13-21-23(14-26(25)40-2)33-12-11-24(21)41-27-10-9-20(15-35-27)36-30(38)22(16-34-19-7-8-19)29(37)28(32)17-3-5-18(31)6-4-17/h3-6,9-16,19,32,34H,7-8H2,1-2H3,(H,36,38)/b22-16+,32-28?. The monoisotopic (exact) mass is 555 g/mol. The second-order valence-electron chi connectivity index (χ2n) is 9.18. The average molecular weight is 556 g/mol. The van der Waals surface area contributed by atoms with E-state index in [4.69, 9.17) is 19.6 Å². The summed E-state index contributed by atoms with van der Waals surface area (Å²) in [6.45, 7) is 0. The lowest BCUT2D eigenvalue weighted by Crippen LogP contribution is -2.28. The number of pyridine rings is 2. The quantitative estimate of drug-likeness (QED) is 0.104. The first kappa shape index (κ1) is 27.3. The van der Waals surface area contributed by atoms with Gasteiger partial charge < -0.3 is 24.8 Å².